The van der Waals surface area contributed by atoms with Crippen LogP contribution in [-0.2, 0) is 16.1 Å². The quantitative estimate of drug-likeness (QED) is 0.326. The van der Waals surface area contributed by atoms with Gasteiger partial charge in [0.25, 0.3) is 0 Å². The van der Waals surface area contributed by atoms with E-state index in [4.69, 9.17) is 9.47 Å². The Bertz CT molecular complexity index is 1340. The maximum absolute atomic E-state index is 13.2. The summed E-state index contributed by atoms with van der Waals surface area (Å²) < 4.78 is 13.1. The number of fused-ring (bicyclic) bond motifs is 1. The highest BCUT2D eigenvalue weighted by molar-refractivity contribution is 5.86. The molecule has 5 rings (SSSR count). The number of ether oxygens (including phenoxy) is 2. The maximum Gasteiger partial charge on any atom is 0.220 e. The smallest absolute Gasteiger partial charge is 0.220 e. The summed E-state index contributed by atoms with van der Waals surface area (Å²) in [6.45, 7) is 7.75. The zero-order chi connectivity index (χ0) is 26.3. The highest BCUT2D eigenvalue weighted by Gasteiger charge is 2.23. The summed E-state index contributed by atoms with van der Waals surface area (Å²) in [6.07, 6.45) is 2.62. The van der Waals surface area contributed by atoms with Crippen LogP contribution in [0.3, 0.4) is 0 Å². The van der Waals surface area contributed by atoms with Gasteiger partial charge in [0.15, 0.2) is 0 Å². The molecule has 0 spiro atoms. The fourth-order valence-electron chi connectivity index (χ4n) is 5.25. The molecule has 0 saturated carbocycles. The standard InChI is InChI=1S/C32H37N3O3/c1-24-7-9-25(10-8-24)22-35-23-30(28-5-3-4-6-31(28)35)29(26-11-13-27(37-2)14-12-26)21-32(36)33-15-16-34-17-19-38-20-18-34/h3-14,23,29H,15-22H2,1-2H3,(H,33,36)/t29-/m0/s1. The van der Waals surface area contributed by atoms with Crippen molar-refractivity contribution < 1.29 is 14.3 Å². The predicted molar refractivity (Wildman–Crippen MR) is 152 cm³/mol. The minimum Gasteiger partial charge on any atom is -0.497 e. The predicted octanol–water partition coefficient (Wildman–Crippen LogP) is 4.98. The summed E-state index contributed by atoms with van der Waals surface area (Å²) in [6, 6.07) is 25.3. The number of carbonyl (C=O) groups is 1. The average Bonchev–Trinajstić information content (AvgIpc) is 3.31. The molecule has 0 aliphatic carbocycles. The Balaban J connectivity index is 1.42. The molecule has 1 aromatic heterocycles. The van der Waals surface area contributed by atoms with Crippen LogP contribution < -0.4 is 10.1 Å². The molecule has 38 heavy (non-hydrogen) atoms. The molecule has 0 unspecified atom stereocenters. The van der Waals surface area contributed by atoms with Crippen molar-refractivity contribution in [2.45, 2.75) is 25.8 Å². The van der Waals surface area contributed by atoms with Crippen molar-refractivity contribution >= 4 is 16.8 Å². The number of morpholine rings is 1. The van der Waals surface area contributed by atoms with Crippen molar-refractivity contribution in [1.29, 1.82) is 0 Å². The van der Waals surface area contributed by atoms with E-state index in [0.29, 0.717) is 13.0 Å². The number of carbonyl (C=O) groups excluding carboxylic acids is 1. The molecule has 1 aliphatic heterocycles. The SMILES string of the molecule is COc1ccc([C@H](CC(=O)NCCN2CCOCC2)c2cn(Cc3ccc(C)cc3)c3ccccc23)cc1. The van der Waals surface area contributed by atoms with Gasteiger partial charge in [-0.3, -0.25) is 9.69 Å². The van der Waals surface area contributed by atoms with Crippen LogP contribution in [-0.4, -0.2) is 61.9 Å². The molecule has 1 N–H and O–H groups in total. The second-order valence-corrected chi connectivity index (χ2v) is 10.0. The minimum atomic E-state index is -0.0755. The van der Waals surface area contributed by atoms with Gasteiger partial charge < -0.3 is 19.4 Å². The van der Waals surface area contributed by atoms with E-state index in [1.165, 1.54) is 27.6 Å². The van der Waals surface area contributed by atoms with Gasteiger partial charge in [0.1, 0.15) is 5.75 Å². The number of hydrogen-bond acceptors (Lipinski definition) is 4. The van der Waals surface area contributed by atoms with E-state index in [9.17, 15) is 4.79 Å². The summed E-state index contributed by atoms with van der Waals surface area (Å²) in [5, 5.41) is 4.35. The van der Waals surface area contributed by atoms with E-state index >= 15 is 0 Å². The van der Waals surface area contributed by atoms with Gasteiger partial charge in [-0.05, 0) is 41.8 Å². The number of aryl methyl sites for hydroxylation is 1. The van der Waals surface area contributed by atoms with E-state index in [0.717, 1.165) is 50.7 Å². The fourth-order valence-corrected chi connectivity index (χ4v) is 5.25. The lowest BCUT2D eigenvalue weighted by atomic mass is 9.88. The summed E-state index contributed by atoms with van der Waals surface area (Å²) in [4.78, 5) is 15.6. The molecule has 6 heteroatoms. The van der Waals surface area contributed by atoms with Gasteiger partial charge >= 0.3 is 0 Å². The Morgan fingerprint density at radius 1 is 1.00 bits per heavy atom. The third-order valence-corrected chi connectivity index (χ3v) is 7.43. The molecular formula is C32H37N3O3. The third kappa shape index (κ3) is 6.26. The normalized spacial score (nSPS) is 14.9. The number of nitrogens with one attached hydrogen (secondary N) is 1. The molecule has 3 aromatic carbocycles. The molecule has 0 bridgehead atoms. The third-order valence-electron chi connectivity index (χ3n) is 7.43. The number of amides is 1. The summed E-state index contributed by atoms with van der Waals surface area (Å²) >= 11 is 0. The van der Waals surface area contributed by atoms with Crippen molar-refractivity contribution in [2.75, 3.05) is 46.5 Å². The van der Waals surface area contributed by atoms with Crippen LogP contribution in [0.25, 0.3) is 10.9 Å². The monoisotopic (exact) mass is 511 g/mol. The van der Waals surface area contributed by atoms with Crippen LogP contribution in [0.15, 0.2) is 79.0 Å². The Morgan fingerprint density at radius 3 is 2.47 bits per heavy atom. The molecule has 2 heterocycles. The van der Waals surface area contributed by atoms with Gasteiger partial charge in [0.2, 0.25) is 5.91 Å². The number of methoxy groups -OCH3 is 1. The lowest BCUT2D eigenvalue weighted by Gasteiger charge is -2.26. The van der Waals surface area contributed by atoms with Crippen LogP contribution >= 0.6 is 0 Å². The van der Waals surface area contributed by atoms with Crippen molar-refractivity contribution in [2.24, 2.45) is 0 Å². The number of rotatable bonds is 10. The second-order valence-electron chi connectivity index (χ2n) is 10.0. The topological polar surface area (TPSA) is 55.7 Å². The maximum atomic E-state index is 13.2. The first kappa shape index (κ1) is 26.0. The molecule has 1 fully saturated rings. The van der Waals surface area contributed by atoms with Crippen LogP contribution in [0, 0.1) is 6.92 Å². The number of nitrogens with zero attached hydrogens (tertiary/aromatic N) is 2. The summed E-state index contributed by atoms with van der Waals surface area (Å²) in [7, 11) is 1.67. The van der Waals surface area contributed by atoms with Crippen molar-refractivity contribution in [3.8, 4) is 5.75 Å². The molecule has 4 aromatic rings. The number of para-hydroxylation sites is 1. The Labute approximate surface area is 225 Å². The Kier molecular flexibility index (Phi) is 8.41. The molecule has 1 atom stereocenters. The minimum absolute atomic E-state index is 0.0643. The highest BCUT2D eigenvalue weighted by atomic mass is 16.5. The van der Waals surface area contributed by atoms with Crippen molar-refractivity contribution in [3.05, 3.63) is 101 Å². The molecule has 1 aliphatic rings. The van der Waals surface area contributed by atoms with Gasteiger partial charge in [0, 0.05) is 62.2 Å². The first-order valence-corrected chi connectivity index (χ1v) is 13.4. The molecule has 1 amide bonds. The van der Waals surface area contributed by atoms with Crippen LogP contribution in [0.1, 0.15) is 34.6 Å². The average molecular weight is 512 g/mol. The van der Waals surface area contributed by atoms with Crippen molar-refractivity contribution in [3.63, 3.8) is 0 Å². The molecule has 6 nitrogen and oxygen atoms in total. The zero-order valence-corrected chi connectivity index (χ0v) is 22.4. The summed E-state index contributed by atoms with van der Waals surface area (Å²) in [5.41, 5.74) is 5.96. The van der Waals surface area contributed by atoms with Gasteiger partial charge in [-0.2, -0.15) is 0 Å². The lowest BCUT2D eigenvalue weighted by molar-refractivity contribution is -0.121. The first-order valence-electron chi connectivity index (χ1n) is 13.4. The molecular weight excluding hydrogens is 474 g/mol. The van der Waals surface area contributed by atoms with E-state index in [-0.39, 0.29) is 11.8 Å². The Morgan fingerprint density at radius 2 is 1.74 bits per heavy atom. The van der Waals surface area contributed by atoms with E-state index in [2.05, 4.69) is 88.6 Å². The van der Waals surface area contributed by atoms with Crippen LogP contribution in [0.2, 0.25) is 0 Å². The van der Waals surface area contributed by atoms with Crippen molar-refractivity contribution in [1.82, 2.24) is 14.8 Å². The van der Waals surface area contributed by atoms with Crippen LogP contribution in [0.4, 0.5) is 0 Å². The van der Waals surface area contributed by atoms with Gasteiger partial charge in [-0.15, -0.1) is 0 Å². The van der Waals surface area contributed by atoms with Gasteiger partial charge in [-0.25, -0.2) is 0 Å². The molecule has 198 valence electrons. The fraction of sp³-hybridized carbons (Fsp3) is 0.344. The van der Waals surface area contributed by atoms with E-state index in [1.54, 1.807) is 7.11 Å². The largest absolute Gasteiger partial charge is 0.497 e. The van der Waals surface area contributed by atoms with E-state index < -0.39 is 0 Å². The number of hydrogen-bond donors (Lipinski definition) is 1. The van der Waals surface area contributed by atoms with Crippen LogP contribution in [0.5, 0.6) is 5.75 Å². The molecule has 1 saturated heterocycles. The Hall–Kier alpha value is -3.61. The van der Waals surface area contributed by atoms with Gasteiger partial charge in [0.05, 0.1) is 20.3 Å². The lowest BCUT2D eigenvalue weighted by Crippen LogP contribution is -2.41. The number of aromatic nitrogens is 1. The number of benzene rings is 3. The highest BCUT2D eigenvalue weighted by Crippen LogP contribution is 2.35. The van der Waals surface area contributed by atoms with Gasteiger partial charge in [-0.1, -0.05) is 60.2 Å². The van der Waals surface area contributed by atoms with E-state index in [1.807, 2.05) is 12.1 Å². The second kappa shape index (κ2) is 12.3. The first-order chi connectivity index (χ1) is 18.6. The zero-order valence-electron chi connectivity index (χ0n) is 22.4. The summed E-state index contributed by atoms with van der Waals surface area (Å²) in [5.74, 6) is 0.798. The molecule has 0 radical (unpaired) electrons.